The third kappa shape index (κ3) is 2.87. The first-order valence-corrected chi connectivity index (χ1v) is 8.62. The van der Waals surface area contributed by atoms with E-state index in [0.29, 0.717) is 18.7 Å². The Morgan fingerprint density at radius 2 is 2.25 bits per heavy atom. The molecule has 0 aromatic carbocycles. The van der Waals surface area contributed by atoms with Gasteiger partial charge in [-0.25, -0.2) is 13.4 Å². The van der Waals surface area contributed by atoms with Crippen LogP contribution in [0, 0.1) is 0 Å². The first kappa shape index (κ1) is 15.0. The molecule has 0 saturated carbocycles. The fourth-order valence-corrected chi connectivity index (χ4v) is 4.28. The lowest BCUT2D eigenvalue weighted by molar-refractivity contribution is 0.0673. The predicted molar refractivity (Wildman–Crippen MR) is 74.4 cm³/mol. The number of hydrogen-bond acceptors (Lipinski definition) is 5. The molecule has 112 valence electrons. The van der Waals surface area contributed by atoms with E-state index in [4.69, 9.17) is 4.42 Å². The van der Waals surface area contributed by atoms with Crippen LogP contribution < -0.4 is 0 Å². The minimum absolute atomic E-state index is 0.0394. The Balaban J connectivity index is 2.24. The van der Waals surface area contributed by atoms with Crippen LogP contribution in [-0.2, 0) is 9.84 Å². The molecule has 1 fully saturated rings. The highest BCUT2D eigenvalue weighted by atomic mass is 32.2. The van der Waals surface area contributed by atoms with Crippen molar-refractivity contribution in [1.29, 1.82) is 0 Å². The molecule has 1 aliphatic heterocycles. The number of aromatic nitrogens is 1. The van der Waals surface area contributed by atoms with Crippen molar-refractivity contribution in [1.82, 2.24) is 9.88 Å². The van der Waals surface area contributed by atoms with Crippen LogP contribution in [0.3, 0.4) is 0 Å². The molecule has 0 radical (unpaired) electrons. The molecule has 0 N–H and O–H groups in total. The highest BCUT2D eigenvalue weighted by Gasteiger charge is 2.36. The molecule has 2 rings (SSSR count). The summed E-state index contributed by atoms with van der Waals surface area (Å²) in [4.78, 5) is 18.2. The third-order valence-corrected chi connectivity index (χ3v) is 5.34. The highest BCUT2D eigenvalue weighted by Crippen LogP contribution is 2.23. The first-order valence-electron chi connectivity index (χ1n) is 6.80. The molecule has 6 nitrogen and oxygen atoms in total. The van der Waals surface area contributed by atoms with Gasteiger partial charge in [0.15, 0.2) is 16.2 Å². The van der Waals surface area contributed by atoms with Gasteiger partial charge in [0.25, 0.3) is 5.91 Å². The van der Waals surface area contributed by atoms with Gasteiger partial charge >= 0.3 is 0 Å². The number of oxazole rings is 1. The van der Waals surface area contributed by atoms with Gasteiger partial charge in [0.1, 0.15) is 0 Å². The van der Waals surface area contributed by atoms with Gasteiger partial charge in [-0.05, 0) is 19.3 Å². The number of hydrogen-bond donors (Lipinski definition) is 0. The van der Waals surface area contributed by atoms with E-state index >= 15 is 0 Å². The van der Waals surface area contributed by atoms with E-state index in [2.05, 4.69) is 4.98 Å². The van der Waals surface area contributed by atoms with E-state index < -0.39 is 9.84 Å². The number of carbonyl (C=O) groups excluding carboxylic acids is 1. The Morgan fingerprint density at radius 1 is 1.55 bits per heavy atom. The van der Waals surface area contributed by atoms with E-state index in [9.17, 15) is 13.2 Å². The van der Waals surface area contributed by atoms with Crippen LogP contribution in [0.25, 0.3) is 0 Å². The fourth-order valence-electron chi connectivity index (χ4n) is 2.55. The van der Waals surface area contributed by atoms with Gasteiger partial charge in [-0.3, -0.25) is 4.79 Å². The van der Waals surface area contributed by atoms with Crippen LogP contribution in [0.4, 0.5) is 0 Å². The molecule has 1 unspecified atom stereocenters. The number of rotatable bonds is 4. The molecule has 1 saturated heterocycles. The average Bonchev–Trinajstić information content (AvgIpc) is 2.96. The Hall–Kier alpha value is -1.37. The molecule has 1 aromatic heterocycles. The summed E-state index contributed by atoms with van der Waals surface area (Å²) in [6, 6.07) is -0.261. The quantitative estimate of drug-likeness (QED) is 0.840. The first-order chi connectivity index (χ1) is 9.35. The van der Waals surface area contributed by atoms with Gasteiger partial charge < -0.3 is 9.32 Å². The number of sulfone groups is 1. The predicted octanol–water partition coefficient (Wildman–Crippen LogP) is 1.45. The summed E-state index contributed by atoms with van der Waals surface area (Å²) in [5, 5.41) is 0. The summed E-state index contributed by atoms with van der Waals surface area (Å²) in [6.07, 6.45) is 1.76. The zero-order valence-electron chi connectivity index (χ0n) is 12.0. The van der Waals surface area contributed by atoms with Crippen molar-refractivity contribution in [2.45, 2.75) is 39.2 Å². The van der Waals surface area contributed by atoms with Crippen LogP contribution in [0.15, 0.2) is 10.8 Å². The Bertz CT molecular complexity index is 591. The van der Waals surface area contributed by atoms with Crippen LogP contribution in [-0.4, -0.2) is 48.3 Å². The van der Waals surface area contributed by atoms with Crippen LogP contribution >= 0.6 is 0 Å². The van der Waals surface area contributed by atoms with E-state index in [1.165, 1.54) is 6.39 Å². The number of amides is 1. The lowest BCUT2D eigenvalue weighted by Crippen LogP contribution is -2.41. The largest absolute Gasteiger partial charge is 0.438 e. The van der Waals surface area contributed by atoms with Crippen molar-refractivity contribution in [3.05, 3.63) is 17.8 Å². The third-order valence-electron chi connectivity index (χ3n) is 3.59. The van der Waals surface area contributed by atoms with Crippen LogP contribution in [0.5, 0.6) is 0 Å². The zero-order chi connectivity index (χ0) is 14.9. The maximum absolute atomic E-state index is 12.6. The molecular weight excluding hydrogens is 280 g/mol. The molecule has 1 aliphatic rings. The molecule has 0 bridgehead atoms. The SMILES string of the molecule is CCN(C(=O)c1ocnc1C(C)C)C1CCS(=O)(=O)C1. The van der Waals surface area contributed by atoms with Crippen molar-refractivity contribution < 1.29 is 17.6 Å². The second-order valence-corrected chi connectivity index (χ2v) is 7.60. The normalized spacial score (nSPS) is 21.3. The van der Waals surface area contributed by atoms with Gasteiger partial charge in [0.2, 0.25) is 5.76 Å². The van der Waals surface area contributed by atoms with Crippen LogP contribution in [0.2, 0.25) is 0 Å². The maximum Gasteiger partial charge on any atom is 0.291 e. The van der Waals surface area contributed by atoms with E-state index in [-0.39, 0.29) is 35.1 Å². The summed E-state index contributed by atoms with van der Waals surface area (Å²) < 4.78 is 28.4. The Morgan fingerprint density at radius 3 is 2.75 bits per heavy atom. The summed E-state index contributed by atoms with van der Waals surface area (Å²) in [5.74, 6) is 0.229. The number of nitrogens with zero attached hydrogens (tertiary/aromatic N) is 2. The molecule has 2 heterocycles. The summed E-state index contributed by atoms with van der Waals surface area (Å²) in [7, 11) is -3.02. The van der Waals surface area contributed by atoms with Gasteiger partial charge in [0.05, 0.1) is 17.2 Å². The Kier molecular flexibility index (Phi) is 4.17. The molecule has 7 heteroatoms. The zero-order valence-corrected chi connectivity index (χ0v) is 12.8. The lowest BCUT2D eigenvalue weighted by Gasteiger charge is -2.26. The fraction of sp³-hybridized carbons (Fsp3) is 0.692. The van der Waals surface area contributed by atoms with E-state index in [1.807, 2.05) is 20.8 Å². The van der Waals surface area contributed by atoms with Crippen molar-refractivity contribution in [3.8, 4) is 0 Å². The topological polar surface area (TPSA) is 80.5 Å². The second kappa shape index (κ2) is 5.55. The highest BCUT2D eigenvalue weighted by molar-refractivity contribution is 7.91. The molecule has 1 aromatic rings. The van der Waals surface area contributed by atoms with Crippen molar-refractivity contribution in [3.63, 3.8) is 0 Å². The standard InChI is InChI=1S/C13H20N2O4S/c1-4-15(10-5-6-20(17,18)7-10)13(16)12-11(9(2)3)14-8-19-12/h8-10H,4-7H2,1-3H3. The van der Waals surface area contributed by atoms with Gasteiger partial charge in [-0.15, -0.1) is 0 Å². The Labute approximate surface area is 119 Å². The van der Waals surface area contributed by atoms with E-state index in [1.54, 1.807) is 4.90 Å². The van der Waals surface area contributed by atoms with Gasteiger partial charge in [-0.2, -0.15) is 0 Å². The molecule has 0 aliphatic carbocycles. The average molecular weight is 300 g/mol. The van der Waals surface area contributed by atoms with Crippen molar-refractivity contribution >= 4 is 15.7 Å². The van der Waals surface area contributed by atoms with Crippen molar-refractivity contribution in [2.75, 3.05) is 18.1 Å². The minimum Gasteiger partial charge on any atom is -0.438 e. The summed E-state index contributed by atoms with van der Waals surface area (Å²) in [6.45, 7) is 6.17. The molecule has 20 heavy (non-hydrogen) atoms. The summed E-state index contributed by atoms with van der Waals surface area (Å²) in [5.41, 5.74) is 0.620. The van der Waals surface area contributed by atoms with Crippen molar-refractivity contribution in [2.24, 2.45) is 0 Å². The number of carbonyl (C=O) groups is 1. The van der Waals surface area contributed by atoms with Gasteiger partial charge in [-0.1, -0.05) is 13.8 Å². The molecule has 1 atom stereocenters. The smallest absolute Gasteiger partial charge is 0.291 e. The van der Waals surface area contributed by atoms with Crippen LogP contribution in [0.1, 0.15) is 49.4 Å². The molecule has 1 amide bonds. The van der Waals surface area contributed by atoms with Gasteiger partial charge in [0, 0.05) is 12.6 Å². The monoisotopic (exact) mass is 300 g/mol. The maximum atomic E-state index is 12.6. The molecular formula is C13H20N2O4S. The van der Waals surface area contributed by atoms with E-state index in [0.717, 1.165) is 0 Å². The summed E-state index contributed by atoms with van der Waals surface area (Å²) >= 11 is 0. The lowest BCUT2D eigenvalue weighted by atomic mass is 10.1. The second-order valence-electron chi connectivity index (χ2n) is 5.37. The molecule has 0 spiro atoms. The minimum atomic E-state index is -3.02.